The molecule has 0 unspecified atom stereocenters. The maximum Gasteiger partial charge on any atom is 0.330 e. The quantitative estimate of drug-likeness (QED) is 0.433. The summed E-state index contributed by atoms with van der Waals surface area (Å²) in [5, 5.41) is 9.40. The van der Waals surface area contributed by atoms with Crippen LogP contribution in [0.1, 0.15) is 5.69 Å². The topological polar surface area (TPSA) is 84.5 Å². The number of rotatable bonds is 0. The molecule has 0 saturated heterocycles. The average Bonchev–Trinajstić information content (AvgIpc) is 2.30. The molecule has 0 amide bonds. The summed E-state index contributed by atoms with van der Waals surface area (Å²) in [6.07, 6.45) is 4.99. The van der Waals surface area contributed by atoms with Gasteiger partial charge in [-0.1, -0.05) is 0 Å². The summed E-state index contributed by atoms with van der Waals surface area (Å²) in [6, 6.07) is 0. The van der Waals surface area contributed by atoms with Crippen LogP contribution in [0.25, 0.3) is 5.65 Å². The van der Waals surface area contributed by atoms with Gasteiger partial charge in [-0.05, 0) is 0 Å². The molecule has 13 heavy (non-hydrogen) atoms. The van der Waals surface area contributed by atoms with Gasteiger partial charge < -0.3 is 23.0 Å². The summed E-state index contributed by atoms with van der Waals surface area (Å²) in [7, 11) is 0. The molecule has 0 aliphatic heterocycles. The van der Waals surface area contributed by atoms with E-state index in [2.05, 4.69) is 9.97 Å². The predicted octanol–water partition coefficient (Wildman–Crippen LogP) is -3.66. The SMILES string of the molecule is Cc1[nH]c2cncc[n+]2c1O.O.[Cl-]. The van der Waals surface area contributed by atoms with Crippen molar-refractivity contribution in [3.05, 3.63) is 24.3 Å². The van der Waals surface area contributed by atoms with Crippen LogP contribution in [0.15, 0.2) is 18.6 Å². The number of nitrogens with one attached hydrogen (secondary N) is 1. The zero-order valence-electron chi connectivity index (χ0n) is 6.95. The van der Waals surface area contributed by atoms with Gasteiger partial charge in [0, 0.05) is 6.92 Å². The van der Waals surface area contributed by atoms with Crippen molar-refractivity contribution in [2.24, 2.45) is 0 Å². The van der Waals surface area contributed by atoms with Crippen LogP contribution in [0.4, 0.5) is 0 Å². The molecule has 2 heterocycles. The van der Waals surface area contributed by atoms with Crippen molar-refractivity contribution in [1.29, 1.82) is 0 Å². The molecule has 5 nitrogen and oxygen atoms in total. The van der Waals surface area contributed by atoms with Gasteiger partial charge in [0.15, 0.2) is 5.69 Å². The van der Waals surface area contributed by atoms with E-state index in [1.165, 1.54) is 0 Å². The normalized spacial score (nSPS) is 9.00. The highest BCUT2D eigenvalue weighted by Gasteiger charge is 2.12. The molecular formula is C7H10ClN3O2. The molecule has 2 rings (SSSR count). The number of hydrogen-bond donors (Lipinski definition) is 2. The first-order valence-electron chi connectivity index (χ1n) is 3.32. The first-order valence-corrected chi connectivity index (χ1v) is 3.32. The number of fused-ring (bicyclic) bond motifs is 1. The van der Waals surface area contributed by atoms with E-state index in [0.717, 1.165) is 11.3 Å². The zero-order chi connectivity index (χ0) is 7.84. The van der Waals surface area contributed by atoms with E-state index in [-0.39, 0.29) is 23.8 Å². The first kappa shape index (κ1) is 11.7. The number of H-pyrrole nitrogens is 1. The van der Waals surface area contributed by atoms with Crippen LogP contribution in [0.3, 0.4) is 0 Å². The Hall–Kier alpha value is -1.33. The fourth-order valence-electron chi connectivity index (χ4n) is 1.07. The molecule has 0 bridgehead atoms. The van der Waals surface area contributed by atoms with Crippen LogP contribution in [0.2, 0.25) is 0 Å². The number of imidazole rings is 1. The van der Waals surface area contributed by atoms with Crippen molar-refractivity contribution >= 4 is 5.65 Å². The molecule has 0 aromatic carbocycles. The van der Waals surface area contributed by atoms with Crippen molar-refractivity contribution < 1.29 is 27.4 Å². The first-order chi connectivity index (χ1) is 5.29. The van der Waals surface area contributed by atoms with Gasteiger partial charge in [-0.25, -0.2) is 4.98 Å². The Balaban J connectivity index is 0.000000720. The summed E-state index contributed by atoms with van der Waals surface area (Å²) < 4.78 is 1.64. The van der Waals surface area contributed by atoms with Crippen molar-refractivity contribution in [2.45, 2.75) is 6.92 Å². The van der Waals surface area contributed by atoms with Gasteiger partial charge in [0.2, 0.25) is 0 Å². The van der Waals surface area contributed by atoms with Crippen molar-refractivity contribution in [3.8, 4) is 5.88 Å². The highest BCUT2D eigenvalue weighted by molar-refractivity contribution is 5.30. The monoisotopic (exact) mass is 203 g/mol. The Kier molecular flexibility index (Phi) is 3.65. The molecule has 2 aromatic heterocycles. The van der Waals surface area contributed by atoms with Crippen molar-refractivity contribution in [3.63, 3.8) is 0 Å². The number of aromatic hydroxyl groups is 1. The molecular weight excluding hydrogens is 194 g/mol. The lowest BCUT2D eigenvalue weighted by atomic mass is 10.5. The highest BCUT2D eigenvalue weighted by atomic mass is 35.5. The molecule has 0 fully saturated rings. The Labute approximate surface area is 80.8 Å². The summed E-state index contributed by atoms with van der Waals surface area (Å²) >= 11 is 0. The summed E-state index contributed by atoms with van der Waals surface area (Å²) in [5.41, 5.74) is 1.54. The maximum atomic E-state index is 9.40. The van der Waals surface area contributed by atoms with Gasteiger partial charge in [0.05, 0.1) is 6.20 Å². The lowest BCUT2D eigenvalue weighted by Gasteiger charge is -1.82. The number of aryl methyl sites for hydroxylation is 1. The fraction of sp³-hybridized carbons (Fsp3) is 0.143. The molecule has 2 aromatic rings. The van der Waals surface area contributed by atoms with Crippen LogP contribution in [0, 0.1) is 6.92 Å². The van der Waals surface area contributed by atoms with Crippen LogP contribution >= 0.6 is 0 Å². The van der Waals surface area contributed by atoms with Crippen LogP contribution in [0.5, 0.6) is 5.88 Å². The summed E-state index contributed by atoms with van der Waals surface area (Å²) in [4.78, 5) is 6.88. The second kappa shape index (κ2) is 4.06. The molecule has 0 aliphatic carbocycles. The van der Waals surface area contributed by atoms with E-state index in [1.54, 1.807) is 23.0 Å². The lowest BCUT2D eigenvalue weighted by molar-refractivity contribution is -0.521. The van der Waals surface area contributed by atoms with E-state index < -0.39 is 0 Å². The predicted molar refractivity (Wildman–Crippen MR) is 41.8 cm³/mol. The van der Waals surface area contributed by atoms with Gasteiger partial charge in [-0.15, -0.1) is 0 Å². The standard InChI is InChI=1S/C7H7N3O.ClH.H2O/c1-5-7(11)10-3-2-8-4-6(10)9-5;;/h2-4H,1H3,(H,8,11);1H;1H2. The fourth-order valence-corrected chi connectivity index (χ4v) is 1.07. The van der Waals surface area contributed by atoms with Gasteiger partial charge in [0.1, 0.15) is 12.4 Å². The molecule has 0 spiro atoms. The number of hydrogen-bond acceptors (Lipinski definition) is 2. The summed E-state index contributed by atoms with van der Waals surface area (Å²) in [6.45, 7) is 1.81. The van der Waals surface area contributed by atoms with Crippen LogP contribution in [-0.4, -0.2) is 20.6 Å². The molecule has 0 atom stereocenters. The largest absolute Gasteiger partial charge is 1.00 e. The van der Waals surface area contributed by atoms with E-state index in [1.807, 2.05) is 6.92 Å². The van der Waals surface area contributed by atoms with Gasteiger partial charge in [0.25, 0.3) is 0 Å². The summed E-state index contributed by atoms with van der Waals surface area (Å²) in [5.74, 6) is 0.238. The third-order valence-electron chi connectivity index (χ3n) is 1.64. The van der Waals surface area contributed by atoms with Crippen LogP contribution in [-0.2, 0) is 0 Å². The Morgan fingerprint density at radius 3 is 2.85 bits per heavy atom. The van der Waals surface area contributed by atoms with E-state index in [9.17, 15) is 5.11 Å². The number of aromatic nitrogens is 3. The average molecular weight is 204 g/mol. The van der Waals surface area contributed by atoms with E-state index in [4.69, 9.17) is 0 Å². The minimum Gasteiger partial charge on any atom is -1.00 e. The number of halogens is 1. The second-order valence-corrected chi connectivity index (χ2v) is 2.41. The smallest absolute Gasteiger partial charge is 0.330 e. The molecule has 6 heteroatoms. The highest BCUT2D eigenvalue weighted by Crippen LogP contribution is 2.07. The third-order valence-corrected chi connectivity index (χ3v) is 1.64. The third kappa shape index (κ3) is 1.71. The molecule has 0 radical (unpaired) electrons. The lowest BCUT2D eigenvalue weighted by Crippen LogP contribution is -3.00. The Bertz CT molecular complexity index is 402. The van der Waals surface area contributed by atoms with Gasteiger partial charge in [-0.3, -0.25) is 4.98 Å². The van der Waals surface area contributed by atoms with Gasteiger partial charge in [-0.2, -0.15) is 4.40 Å². The molecule has 0 aliphatic rings. The number of aromatic amines is 1. The van der Waals surface area contributed by atoms with Crippen molar-refractivity contribution in [1.82, 2.24) is 9.97 Å². The molecule has 0 saturated carbocycles. The Morgan fingerprint density at radius 1 is 1.54 bits per heavy atom. The Morgan fingerprint density at radius 2 is 2.23 bits per heavy atom. The second-order valence-electron chi connectivity index (χ2n) is 2.41. The van der Waals surface area contributed by atoms with Crippen molar-refractivity contribution in [2.75, 3.05) is 0 Å². The molecule has 4 N–H and O–H groups in total. The van der Waals surface area contributed by atoms with Gasteiger partial charge >= 0.3 is 11.5 Å². The van der Waals surface area contributed by atoms with E-state index >= 15 is 0 Å². The number of nitrogens with zero attached hydrogens (tertiary/aromatic N) is 2. The maximum absolute atomic E-state index is 9.40. The van der Waals surface area contributed by atoms with E-state index in [0.29, 0.717) is 0 Å². The van der Waals surface area contributed by atoms with Crippen LogP contribution < -0.4 is 16.8 Å². The zero-order valence-corrected chi connectivity index (χ0v) is 7.71. The molecule has 72 valence electrons. The minimum atomic E-state index is 0. The minimum absolute atomic E-state index is 0.